The Morgan fingerprint density at radius 3 is 3.06 bits per heavy atom. The van der Waals surface area contributed by atoms with Crippen LogP contribution in [-0.2, 0) is 4.74 Å². The molecule has 98 valence electrons. The number of aromatic nitrogens is 1. The van der Waals surface area contributed by atoms with Gasteiger partial charge in [-0.25, -0.2) is 0 Å². The first-order valence-electron chi connectivity index (χ1n) is 6.05. The van der Waals surface area contributed by atoms with E-state index in [9.17, 15) is 4.79 Å². The molecule has 0 spiro atoms. The van der Waals surface area contributed by atoms with Crippen molar-refractivity contribution in [2.45, 2.75) is 19.4 Å². The van der Waals surface area contributed by atoms with Gasteiger partial charge < -0.3 is 9.64 Å². The van der Waals surface area contributed by atoms with Gasteiger partial charge in [-0.3, -0.25) is 9.78 Å². The summed E-state index contributed by atoms with van der Waals surface area (Å²) < 4.78 is 5.40. The highest BCUT2D eigenvalue weighted by Gasteiger charge is 2.29. The number of halogens is 1. The average molecular weight is 269 g/mol. The predicted octanol–water partition coefficient (Wildman–Crippen LogP) is 2.23. The molecule has 1 aromatic heterocycles. The molecule has 0 aliphatic carbocycles. The summed E-state index contributed by atoms with van der Waals surface area (Å²) >= 11 is 5.87. The first kappa shape index (κ1) is 13.3. The lowest BCUT2D eigenvalue weighted by Crippen LogP contribution is -2.46. The van der Waals surface area contributed by atoms with Gasteiger partial charge in [-0.15, -0.1) is 0 Å². The van der Waals surface area contributed by atoms with Gasteiger partial charge in [0.1, 0.15) is 5.69 Å². The Morgan fingerprint density at radius 1 is 1.61 bits per heavy atom. The molecule has 18 heavy (non-hydrogen) atoms. The summed E-state index contributed by atoms with van der Waals surface area (Å²) in [5.41, 5.74) is 0.395. The van der Waals surface area contributed by atoms with Crippen LogP contribution in [0.4, 0.5) is 0 Å². The SMILES string of the molecule is COC1CN(C(=O)c2cc(Cl)ccn2)CCC1C. The third-order valence-corrected chi connectivity index (χ3v) is 3.66. The quantitative estimate of drug-likeness (QED) is 0.826. The standard InChI is InChI=1S/C13H17ClN2O2/c1-9-4-6-16(8-12(9)18-2)13(17)11-7-10(14)3-5-15-11/h3,5,7,9,12H,4,6,8H2,1-2H3. The number of methoxy groups -OCH3 is 1. The van der Waals surface area contributed by atoms with Crippen molar-refractivity contribution in [1.29, 1.82) is 0 Å². The Bertz CT molecular complexity index is 439. The molecule has 0 saturated carbocycles. The molecular weight excluding hydrogens is 252 g/mol. The maximum Gasteiger partial charge on any atom is 0.272 e. The zero-order valence-corrected chi connectivity index (χ0v) is 11.4. The molecule has 2 unspecified atom stereocenters. The predicted molar refractivity (Wildman–Crippen MR) is 69.7 cm³/mol. The Hall–Kier alpha value is -1.13. The van der Waals surface area contributed by atoms with Crippen LogP contribution in [0.5, 0.6) is 0 Å². The molecule has 0 radical (unpaired) electrons. The molecule has 0 aromatic carbocycles. The summed E-state index contributed by atoms with van der Waals surface area (Å²) in [5, 5.41) is 0.530. The lowest BCUT2D eigenvalue weighted by atomic mass is 9.95. The van der Waals surface area contributed by atoms with Gasteiger partial charge in [0.15, 0.2) is 0 Å². The number of rotatable bonds is 2. The highest BCUT2D eigenvalue weighted by Crippen LogP contribution is 2.21. The van der Waals surface area contributed by atoms with Crippen molar-refractivity contribution in [2.75, 3.05) is 20.2 Å². The molecule has 1 saturated heterocycles. The number of piperidine rings is 1. The van der Waals surface area contributed by atoms with Crippen LogP contribution in [0.15, 0.2) is 18.3 Å². The molecule has 5 heteroatoms. The summed E-state index contributed by atoms with van der Waals surface area (Å²) in [6.07, 6.45) is 2.60. The summed E-state index contributed by atoms with van der Waals surface area (Å²) in [5.74, 6) is 0.401. The van der Waals surface area contributed by atoms with Gasteiger partial charge in [-0.1, -0.05) is 18.5 Å². The highest BCUT2D eigenvalue weighted by molar-refractivity contribution is 6.30. The number of hydrogen-bond acceptors (Lipinski definition) is 3. The number of hydrogen-bond donors (Lipinski definition) is 0. The van der Waals surface area contributed by atoms with E-state index in [0.29, 0.717) is 23.2 Å². The van der Waals surface area contributed by atoms with Crippen LogP contribution in [0.1, 0.15) is 23.8 Å². The minimum Gasteiger partial charge on any atom is -0.379 e. The minimum atomic E-state index is -0.0774. The summed E-state index contributed by atoms with van der Waals surface area (Å²) in [4.78, 5) is 18.1. The van der Waals surface area contributed by atoms with Crippen LogP contribution in [-0.4, -0.2) is 42.1 Å². The van der Waals surface area contributed by atoms with Gasteiger partial charge >= 0.3 is 0 Å². The van der Waals surface area contributed by atoms with E-state index in [-0.39, 0.29) is 12.0 Å². The molecule has 4 nitrogen and oxygen atoms in total. The van der Waals surface area contributed by atoms with Crippen molar-refractivity contribution in [3.63, 3.8) is 0 Å². The number of amides is 1. The van der Waals surface area contributed by atoms with Gasteiger partial charge in [0.2, 0.25) is 0 Å². The van der Waals surface area contributed by atoms with Gasteiger partial charge in [-0.05, 0) is 24.5 Å². The number of nitrogens with zero attached hydrogens (tertiary/aromatic N) is 2. The Balaban J connectivity index is 2.10. The van der Waals surface area contributed by atoms with Crippen LogP contribution in [0.3, 0.4) is 0 Å². The number of ether oxygens (including phenoxy) is 1. The fourth-order valence-electron chi connectivity index (χ4n) is 2.21. The Morgan fingerprint density at radius 2 is 2.39 bits per heavy atom. The molecule has 2 heterocycles. The van der Waals surface area contributed by atoms with Crippen molar-refractivity contribution in [3.8, 4) is 0 Å². The van der Waals surface area contributed by atoms with E-state index in [1.165, 1.54) is 0 Å². The van der Waals surface area contributed by atoms with Crippen molar-refractivity contribution in [1.82, 2.24) is 9.88 Å². The van der Waals surface area contributed by atoms with Gasteiger partial charge in [0.05, 0.1) is 6.10 Å². The molecule has 2 atom stereocenters. The van der Waals surface area contributed by atoms with Crippen molar-refractivity contribution < 1.29 is 9.53 Å². The van der Waals surface area contributed by atoms with Crippen molar-refractivity contribution in [3.05, 3.63) is 29.0 Å². The zero-order valence-electron chi connectivity index (χ0n) is 10.6. The normalized spacial score (nSPS) is 24.1. The number of carbonyl (C=O) groups is 1. The number of pyridine rings is 1. The Kier molecular flexibility index (Phi) is 4.19. The third kappa shape index (κ3) is 2.82. The fourth-order valence-corrected chi connectivity index (χ4v) is 2.37. The fraction of sp³-hybridized carbons (Fsp3) is 0.538. The van der Waals surface area contributed by atoms with Gasteiger partial charge in [-0.2, -0.15) is 0 Å². The second-order valence-electron chi connectivity index (χ2n) is 4.65. The molecule has 1 aliphatic heterocycles. The van der Waals surface area contributed by atoms with E-state index < -0.39 is 0 Å². The lowest BCUT2D eigenvalue weighted by Gasteiger charge is -2.36. The van der Waals surface area contributed by atoms with Crippen molar-refractivity contribution >= 4 is 17.5 Å². The maximum atomic E-state index is 12.3. The van der Waals surface area contributed by atoms with Gasteiger partial charge in [0.25, 0.3) is 5.91 Å². The van der Waals surface area contributed by atoms with E-state index >= 15 is 0 Å². The summed E-state index contributed by atoms with van der Waals surface area (Å²) in [6.45, 7) is 3.51. The summed E-state index contributed by atoms with van der Waals surface area (Å²) in [7, 11) is 1.69. The smallest absolute Gasteiger partial charge is 0.272 e. The molecule has 0 bridgehead atoms. The van der Waals surface area contributed by atoms with E-state index in [1.807, 2.05) is 0 Å². The second kappa shape index (κ2) is 5.67. The number of likely N-dealkylation sites (tertiary alicyclic amines) is 1. The molecule has 1 fully saturated rings. The molecule has 1 aliphatic rings. The largest absolute Gasteiger partial charge is 0.379 e. The van der Waals surface area contributed by atoms with E-state index in [2.05, 4.69) is 11.9 Å². The third-order valence-electron chi connectivity index (χ3n) is 3.42. The van der Waals surface area contributed by atoms with E-state index in [1.54, 1.807) is 30.3 Å². The topological polar surface area (TPSA) is 42.4 Å². The molecule has 2 rings (SSSR count). The number of carbonyl (C=O) groups excluding carboxylic acids is 1. The molecule has 0 N–H and O–H groups in total. The van der Waals surface area contributed by atoms with E-state index in [4.69, 9.17) is 16.3 Å². The first-order valence-corrected chi connectivity index (χ1v) is 6.43. The summed E-state index contributed by atoms with van der Waals surface area (Å²) in [6, 6.07) is 3.26. The first-order chi connectivity index (χ1) is 8.61. The van der Waals surface area contributed by atoms with Crippen LogP contribution in [0, 0.1) is 5.92 Å². The van der Waals surface area contributed by atoms with Crippen molar-refractivity contribution in [2.24, 2.45) is 5.92 Å². The zero-order chi connectivity index (χ0) is 13.1. The monoisotopic (exact) mass is 268 g/mol. The van der Waals surface area contributed by atoms with Crippen LogP contribution in [0.2, 0.25) is 5.02 Å². The minimum absolute atomic E-state index is 0.0774. The maximum absolute atomic E-state index is 12.3. The van der Waals surface area contributed by atoms with Crippen LogP contribution >= 0.6 is 11.6 Å². The molecule has 1 amide bonds. The van der Waals surface area contributed by atoms with Crippen LogP contribution in [0.25, 0.3) is 0 Å². The van der Waals surface area contributed by atoms with Gasteiger partial charge in [0, 0.05) is 31.4 Å². The lowest BCUT2D eigenvalue weighted by molar-refractivity contribution is -0.00177. The molecule has 1 aromatic rings. The van der Waals surface area contributed by atoms with Crippen LogP contribution < -0.4 is 0 Å². The van der Waals surface area contributed by atoms with E-state index in [0.717, 1.165) is 13.0 Å². The average Bonchev–Trinajstić information content (AvgIpc) is 2.38. The second-order valence-corrected chi connectivity index (χ2v) is 5.09. The highest BCUT2D eigenvalue weighted by atomic mass is 35.5. The molecular formula is C13H17ClN2O2. The Labute approximate surface area is 112 Å².